The summed E-state index contributed by atoms with van der Waals surface area (Å²) < 4.78 is 1.75. The molecule has 2 aromatic rings. The lowest BCUT2D eigenvalue weighted by Gasteiger charge is -2.47. The van der Waals surface area contributed by atoms with Gasteiger partial charge in [0.15, 0.2) is 0 Å². The maximum atomic E-state index is 11.7. The highest BCUT2D eigenvalue weighted by atomic mass is 35.5. The molecule has 3 rings (SSSR count). The first-order valence-electron chi connectivity index (χ1n) is 8.30. The van der Waals surface area contributed by atoms with E-state index in [1.807, 2.05) is 24.3 Å². The van der Waals surface area contributed by atoms with Crippen LogP contribution < -0.4 is 0 Å². The van der Waals surface area contributed by atoms with Crippen molar-refractivity contribution in [1.29, 1.82) is 0 Å². The minimum atomic E-state index is -0.852. The third kappa shape index (κ3) is 3.59. The summed E-state index contributed by atoms with van der Waals surface area (Å²) in [4.78, 5) is 4.02. The molecule has 1 fully saturated rings. The zero-order valence-corrected chi connectivity index (χ0v) is 14.3. The molecular formula is C18H24ClN3O. The van der Waals surface area contributed by atoms with Crippen LogP contribution in [0.3, 0.4) is 0 Å². The molecular weight excluding hydrogens is 310 g/mol. The Morgan fingerprint density at radius 2 is 1.91 bits per heavy atom. The van der Waals surface area contributed by atoms with E-state index in [1.165, 1.54) is 25.6 Å². The molecule has 124 valence electrons. The minimum absolute atomic E-state index is 0.114. The van der Waals surface area contributed by atoms with Gasteiger partial charge in [-0.05, 0) is 36.0 Å². The zero-order chi connectivity index (χ0) is 16.3. The van der Waals surface area contributed by atoms with Crippen LogP contribution in [-0.4, -0.2) is 25.5 Å². The normalized spacial score (nSPS) is 20.1. The number of halogens is 1. The Balaban J connectivity index is 1.90. The van der Waals surface area contributed by atoms with E-state index in [2.05, 4.69) is 17.0 Å². The number of hydrogen-bond acceptors (Lipinski definition) is 3. The van der Waals surface area contributed by atoms with Gasteiger partial charge in [-0.3, -0.25) is 4.68 Å². The van der Waals surface area contributed by atoms with E-state index in [9.17, 15) is 5.11 Å². The summed E-state index contributed by atoms with van der Waals surface area (Å²) in [6.45, 7) is 2.69. The Morgan fingerprint density at radius 3 is 2.52 bits per heavy atom. The topological polar surface area (TPSA) is 50.9 Å². The van der Waals surface area contributed by atoms with Crippen LogP contribution in [-0.2, 0) is 13.0 Å². The number of nitrogens with zero attached hydrogens (tertiary/aromatic N) is 3. The van der Waals surface area contributed by atoms with Gasteiger partial charge in [0.2, 0.25) is 0 Å². The Labute approximate surface area is 142 Å². The second-order valence-electron chi connectivity index (χ2n) is 7.05. The molecule has 0 radical (unpaired) electrons. The van der Waals surface area contributed by atoms with Crippen molar-refractivity contribution in [3.05, 3.63) is 47.5 Å². The third-order valence-corrected chi connectivity index (χ3v) is 5.63. The second kappa shape index (κ2) is 6.62. The van der Waals surface area contributed by atoms with Crippen LogP contribution in [0.15, 0.2) is 36.9 Å². The van der Waals surface area contributed by atoms with Gasteiger partial charge in [-0.2, -0.15) is 5.10 Å². The van der Waals surface area contributed by atoms with Gasteiger partial charge in [-0.1, -0.05) is 49.9 Å². The fraction of sp³-hybridized carbons (Fsp3) is 0.556. The third-order valence-electron chi connectivity index (χ3n) is 5.38. The van der Waals surface area contributed by atoms with Gasteiger partial charge in [0.05, 0.1) is 12.1 Å². The van der Waals surface area contributed by atoms with E-state index < -0.39 is 5.60 Å². The minimum Gasteiger partial charge on any atom is -0.387 e. The van der Waals surface area contributed by atoms with Gasteiger partial charge in [0.25, 0.3) is 0 Å². The van der Waals surface area contributed by atoms with Crippen LogP contribution in [0.5, 0.6) is 0 Å². The quantitative estimate of drug-likeness (QED) is 0.903. The Bertz CT molecular complexity index is 620. The summed E-state index contributed by atoms with van der Waals surface area (Å²) in [7, 11) is 0. The van der Waals surface area contributed by atoms with Crippen LogP contribution in [0.4, 0.5) is 0 Å². The van der Waals surface area contributed by atoms with Crippen molar-refractivity contribution in [2.24, 2.45) is 5.41 Å². The fourth-order valence-corrected chi connectivity index (χ4v) is 3.91. The van der Waals surface area contributed by atoms with Crippen molar-refractivity contribution in [2.45, 2.75) is 57.6 Å². The highest BCUT2D eigenvalue weighted by Gasteiger charge is 2.47. The van der Waals surface area contributed by atoms with Crippen LogP contribution in [0.1, 0.15) is 44.6 Å². The van der Waals surface area contributed by atoms with Gasteiger partial charge in [-0.25, -0.2) is 4.98 Å². The van der Waals surface area contributed by atoms with Gasteiger partial charge < -0.3 is 5.11 Å². The van der Waals surface area contributed by atoms with E-state index in [-0.39, 0.29) is 5.41 Å². The summed E-state index contributed by atoms with van der Waals surface area (Å²) in [5, 5.41) is 16.6. The lowest BCUT2D eigenvalue weighted by molar-refractivity contribution is -0.107. The molecule has 0 saturated heterocycles. The molecule has 1 heterocycles. The van der Waals surface area contributed by atoms with Gasteiger partial charge in [0, 0.05) is 11.4 Å². The molecule has 0 bridgehead atoms. The molecule has 0 spiro atoms. The van der Waals surface area contributed by atoms with Gasteiger partial charge >= 0.3 is 0 Å². The molecule has 23 heavy (non-hydrogen) atoms. The van der Waals surface area contributed by atoms with E-state index in [1.54, 1.807) is 11.0 Å². The smallest absolute Gasteiger partial charge is 0.137 e. The maximum absolute atomic E-state index is 11.7. The number of benzene rings is 1. The zero-order valence-electron chi connectivity index (χ0n) is 13.6. The van der Waals surface area contributed by atoms with Crippen LogP contribution in [0.25, 0.3) is 0 Å². The Kier molecular flexibility index (Phi) is 4.74. The first kappa shape index (κ1) is 16.5. The van der Waals surface area contributed by atoms with Crippen molar-refractivity contribution in [3.8, 4) is 0 Å². The SMILES string of the molecule is CC1(C(O)(Cc2ccc(Cl)cc2)Cn2cncn2)CCCCC1. The predicted octanol–water partition coefficient (Wildman–Crippen LogP) is 3.88. The molecule has 1 atom stereocenters. The van der Waals surface area contributed by atoms with Gasteiger partial charge in [-0.15, -0.1) is 0 Å². The first-order valence-corrected chi connectivity index (χ1v) is 8.68. The average molecular weight is 334 g/mol. The highest BCUT2D eigenvalue weighted by molar-refractivity contribution is 6.30. The van der Waals surface area contributed by atoms with E-state index in [4.69, 9.17) is 11.6 Å². The van der Waals surface area contributed by atoms with Crippen LogP contribution in [0, 0.1) is 5.41 Å². The molecule has 1 saturated carbocycles. The predicted molar refractivity (Wildman–Crippen MR) is 91.3 cm³/mol. The largest absolute Gasteiger partial charge is 0.387 e. The van der Waals surface area contributed by atoms with Crippen molar-refractivity contribution >= 4 is 11.6 Å². The van der Waals surface area contributed by atoms with E-state index in [0.717, 1.165) is 23.4 Å². The van der Waals surface area contributed by atoms with E-state index in [0.29, 0.717) is 13.0 Å². The fourth-order valence-electron chi connectivity index (χ4n) is 3.78. The second-order valence-corrected chi connectivity index (χ2v) is 7.49. The molecule has 5 heteroatoms. The van der Waals surface area contributed by atoms with Crippen LogP contribution >= 0.6 is 11.6 Å². The number of aliphatic hydroxyl groups is 1. The average Bonchev–Trinajstić information content (AvgIpc) is 3.03. The molecule has 1 unspecified atom stereocenters. The summed E-state index contributed by atoms with van der Waals surface area (Å²) in [6, 6.07) is 7.77. The molecule has 4 nitrogen and oxygen atoms in total. The number of hydrogen-bond donors (Lipinski definition) is 1. The van der Waals surface area contributed by atoms with Crippen LogP contribution in [0.2, 0.25) is 5.02 Å². The Morgan fingerprint density at radius 1 is 1.22 bits per heavy atom. The monoisotopic (exact) mass is 333 g/mol. The highest BCUT2D eigenvalue weighted by Crippen LogP contribution is 2.46. The molecule has 0 amide bonds. The number of aromatic nitrogens is 3. The summed E-state index contributed by atoms with van der Waals surface area (Å²) >= 11 is 5.99. The summed E-state index contributed by atoms with van der Waals surface area (Å²) in [5.74, 6) is 0. The summed E-state index contributed by atoms with van der Waals surface area (Å²) in [6.07, 6.45) is 9.51. The van der Waals surface area contributed by atoms with Crippen molar-refractivity contribution < 1.29 is 5.11 Å². The summed E-state index contributed by atoms with van der Waals surface area (Å²) in [5.41, 5.74) is 0.134. The van der Waals surface area contributed by atoms with Gasteiger partial charge in [0.1, 0.15) is 12.7 Å². The molecule has 1 aromatic carbocycles. The van der Waals surface area contributed by atoms with E-state index >= 15 is 0 Å². The lowest BCUT2D eigenvalue weighted by atomic mass is 9.62. The number of rotatable bonds is 5. The first-order chi connectivity index (χ1) is 11.0. The van der Waals surface area contributed by atoms with Crippen molar-refractivity contribution in [1.82, 2.24) is 14.8 Å². The molecule has 1 aliphatic carbocycles. The Hall–Kier alpha value is -1.39. The molecule has 1 N–H and O–H groups in total. The molecule has 1 aromatic heterocycles. The molecule has 1 aliphatic rings. The molecule has 0 aliphatic heterocycles. The maximum Gasteiger partial charge on any atom is 0.137 e. The standard InChI is InChI=1S/C18H24ClN3O/c1-17(9-3-2-4-10-17)18(23,12-22-14-20-13-21-22)11-15-5-7-16(19)8-6-15/h5-8,13-14,23H,2-4,9-12H2,1H3. The lowest BCUT2D eigenvalue weighted by Crippen LogP contribution is -2.52. The van der Waals surface area contributed by atoms with Crippen molar-refractivity contribution in [3.63, 3.8) is 0 Å². The van der Waals surface area contributed by atoms with Crippen molar-refractivity contribution in [2.75, 3.05) is 0 Å².